The highest BCUT2D eigenvalue weighted by molar-refractivity contribution is 9.10. The maximum absolute atomic E-state index is 13.6. The van der Waals surface area contributed by atoms with E-state index in [2.05, 4.69) is 26.6 Å². The first-order chi connectivity index (χ1) is 13.3. The average Bonchev–Trinajstić information content (AvgIpc) is 2.93. The molecule has 2 N–H and O–H groups in total. The van der Waals surface area contributed by atoms with E-state index >= 15 is 0 Å². The monoisotopic (exact) mass is 445 g/mol. The molecule has 1 saturated heterocycles. The largest absolute Gasteiger partial charge is 0.334 e. The quantitative estimate of drug-likeness (QED) is 0.697. The molecular weight excluding hydrogens is 429 g/mol. The number of nitrogens with one attached hydrogen (secondary N) is 2. The van der Waals surface area contributed by atoms with Crippen LogP contribution in [0.15, 0.2) is 40.9 Å². The third-order valence-corrected chi connectivity index (χ3v) is 5.98. The number of benzene rings is 2. The van der Waals surface area contributed by atoms with Gasteiger partial charge in [0, 0.05) is 23.1 Å². The standard InChI is InChI=1S/C20H17BrFN3O3/c1-20(18(27)23-19(28)24-20)13-4-2-3-12(7-13)17(26)25-6-5-11-8-14(22)9-16(21)15(11)10-25/h2-4,7-9H,5-6,10H2,1H3,(H2,23,24,27,28). The molecule has 0 bridgehead atoms. The average molecular weight is 446 g/mol. The summed E-state index contributed by atoms with van der Waals surface area (Å²) in [6, 6.07) is 9.04. The van der Waals surface area contributed by atoms with Gasteiger partial charge in [-0.25, -0.2) is 9.18 Å². The van der Waals surface area contributed by atoms with E-state index < -0.39 is 17.5 Å². The highest BCUT2D eigenvalue weighted by Gasteiger charge is 2.43. The van der Waals surface area contributed by atoms with Gasteiger partial charge in [0.2, 0.25) is 0 Å². The summed E-state index contributed by atoms with van der Waals surface area (Å²) in [4.78, 5) is 38.4. The summed E-state index contributed by atoms with van der Waals surface area (Å²) < 4.78 is 14.2. The number of halogens is 2. The van der Waals surface area contributed by atoms with Gasteiger partial charge >= 0.3 is 6.03 Å². The van der Waals surface area contributed by atoms with Gasteiger partial charge in [-0.05, 0) is 54.3 Å². The van der Waals surface area contributed by atoms with Gasteiger partial charge in [-0.15, -0.1) is 0 Å². The number of hydrogen-bond acceptors (Lipinski definition) is 3. The summed E-state index contributed by atoms with van der Waals surface area (Å²) in [6.45, 7) is 2.44. The lowest BCUT2D eigenvalue weighted by Gasteiger charge is -2.30. The van der Waals surface area contributed by atoms with Gasteiger partial charge in [0.1, 0.15) is 11.4 Å². The lowest BCUT2D eigenvalue weighted by Crippen LogP contribution is -2.41. The van der Waals surface area contributed by atoms with Gasteiger partial charge < -0.3 is 10.2 Å². The summed E-state index contributed by atoms with van der Waals surface area (Å²) in [5, 5.41) is 4.82. The van der Waals surface area contributed by atoms with Crippen molar-refractivity contribution >= 4 is 33.8 Å². The van der Waals surface area contributed by atoms with Gasteiger partial charge in [-0.1, -0.05) is 28.1 Å². The van der Waals surface area contributed by atoms with Crippen LogP contribution in [0.4, 0.5) is 9.18 Å². The molecular formula is C20H17BrFN3O3. The SMILES string of the molecule is CC1(c2cccc(C(=O)N3CCc4cc(F)cc(Br)c4C3)c2)NC(=O)NC1=O. The molecule has 1 unspecified atom stereocenters. The number of fused-ring (bicyclic) bond motifs is 1. The molecule has 28 heavy (non-hydrogen) atoms. The Balaban J connectivity index is 1.61. The lowest BCUT2D eigenvalue weighted by molar-refractivity contribution is -0.123. The first-order valence-corrected chi connectivity index (χ1v) is 9.57. The Morgan fingerprint density at radius 1 is 1.25 bits per heavy atom. The van der Waals surface area contributed by atoms with Crippen molar-refractivity contribution in [2.75, 3.05) is 6.54 Å². The maximum Gasteiger partial charge on any atom is 0.322 e. The Kier molecular flexibility index (Phi) is 4.45. The summed E-state index contributed by atoms with van der Waals surface area (Å²) in [6.07, 6.45) is 0.563. The molecule has 0 aliphatic carbocycles. The number of rotatable bonds is 2. The highest BCUT2D eigenvalue weighted by Crippen LogP contribution is 2.30. The molecule has 0 saturated carbocycles. The molecule has 2 heterocycles. The number of carbonyl (C=O) groups excluding carboxylic acids is 3. The summed E-state index contributed by atoms with van der Waals surface area (Å²) in [5.74, 6) is -0.944. The van der Waals surface area contributed by atoms with Crippen molar-refractivity contribution in [3.05, 3.63) is 68.9 Å². The Labute approximate surface area is 169 Å². The van der Waals surface area contributed by atoms with Crippen LogP contribution in [0.5, 0.6) is 0 Å². The fourth-order valence-corrected chi connectivity index (χ4v) is 4.25. The summed E-state index contributed by atoms with van der Waals surface area (Å²) in [7, 11) is 0. The van der Waals surface area contributed by atoms with Crippen LogP contribution in [0.2, 0.25) is 0 Å². The second kappa shape index (κ2) is 6.70. The van der Waals surface area contributed by atoms with Crippen LogP contribution in [0, 0.1) is 5.82 Å². The fraction of sp³-hybridized carbons (Fsp3) is 0.250. The molecule has 0 radical (unpaired) electrons. The topological polar surface area (TPSA) is 78.5 Å². The van der Waals surface area contributed by atoms with Crippen LogP contribution in [0.1, 0.15) is 34.0 Å². The molecule has 6 nitrogen and oxygen atoms in total. The van der Waals surface area contributed by atoms with Crippen molar-refractivity contribution < 1.29 is 18.8 Å². The predicted molar refractivity (Wildman–Crippen MR) is 103 cm³/mol. The zero-order valence-corrected chi connectivity index (χ0v) is 16.6. The second-order valence-corrected chi connectivity index (χ2v) is 7.97. The van der Waals surface area contributed by atoms with Crippen LogP contribution in [-0.2, 0) is 23.3 Å². The fourth-order valence-electron chi connectivity index (χ4n) is 3.65. The molecule has 0 spiro atoms. The number of imide groups is 1. The summed E-state index contributed by atoms with van der Waals surface area (Å²) >= 11 is 3.38. The van der Waals surface area contributed by atoms with E-state index in [1.165, 1.54) is 12.1 Å². The Morgan fingerprint density at radius 2 is 2.04 bits per heavy atom. The number of urea groups is 1. The minimum Gasteiger partial charge on any atom is -0.334 e. The van der Waals surface area contributed by atoms with Gasteiger partial charge in [-0.3, -0.25) is 14.9 Å². The van der Waals surface area contributed by atoms with Gasteiger partial charge in [0.05, 0.1) is 0 Å². The van der Waals surface area contributed by atoms with Crippen LogP contribution >= 0.6 is 15.9 Å². The van der Waals surface area contributed by atoms with Crippen molar-refractivity contribution in [3.63, 3.8) is 0 Å². The highest BCUT2D eigenvalue weighted by atomic mass is 79.9. The Morgan fingerprint density at radius 3 is 2.75 bits per heavy atom. The molecule has 1 atom stereocenters. The van der Waals surface area contributed by atoms with Gasteiger partial charge in [0.15, 0.2) is 0 Å². The molecule has 0 aromatic heterocycles. The zero-order chi connectivity index (χ0) is 20.1. The maximum atomic E-state index is 13.6. The van der Waals surface area contributed by atoms with E-state index in [9.17, 15) is 18.8 Å². The molecule has 2 aliphatic rings. The number of nitrogens with zero attached hydrogens (tertiary/aromatic N) is 1. The molecule has 4 amide bonds. The zero-order valence-electron chi connectivity index (χ0n) is 15.0. The minimum absolute atomic E-state index is 0.183. The molecule has 8 heteroatoms. The number of carbonyl (C=O) groups is 3. The molecule has 4 rings (SSSR count). The predicted octanol–water partition coefficient (Wildman–Crippen LogP) is 2.84. The van der Waals surface area contributed by atoms with Crippen LogP contribution in [-0.4, -0.2) is 29.3 Å². The van der Waals surface area contributed by atoms with Gasteiger partial charge in [0.25, 0.3) is 11.8 Å². The van der Waals surface area contributed by atoms with Crippen molar-refractivity contribution in [1.29, 1.82) is 0 Å². The van der Waals surface area contributed by atoms with Crippen LogP contribution in [0.3, 0.4) is 0 Å². The van der Waals surface area contributed by atoms with Crippen LogP contribution < -0.4 is 10.6 Å². The normalized spacial score (nSPS) is 21.2. The third-order valence-electron chi connectivity index (χ3n) is 5.27. The molecule has 144 valence electrons. The number of amides is 4. The molecule has 2 aliphatic heterocycles. The molecule has 1 fully saturated rings. The van der Waals surface area contributed by atoms with E-state index in [-0.39, 0.29) is 11.7 Å². The smallest absolute Gasteiger partial charge is 0.322 e. The molecule has 2 aromatic carbocycles. The van der Waals surface area contributed by atoms with Crippen molar-refractivity contribution in [2.24, 2.45) is 0 Å². The van der Waals surface area contributed by atoms with E-state index in [1.54, 1.807) is 36.1 Å². The van der Waals surface area contributed by atoms with Crippen molar-refractivity contribution in [2.45, 2.75) is 25.4 Å². The van der Waals surface area contributed by atoms with Crippen LogP contribution in [0.25, 0.3) is 0 Å². The second-order valence-electron chi connectivity index (χ2n) is 7.12. The molecule has 2 aromatic rings. The third kappa shape index (κ3) is 3.07. The summed E-state index contributed by atoms with van der Waals surface area (Å²) in [5.41, 5.74) is 1.52. The van der Waals surface area contributed by atoms with Gasteiger partial charge in [-0.2, -0.15) is 0 Å². The van der Waals surface area contributed by atoms with E-state index in [0.29, 0.717) is 35.1 Å². The van der Waals surface area contributed by atoms with E-state index in [0.717, 1.165) is 11.1 Å². The van der Waals surface area contributed by atoms with E-state index in [4.69, 9.17) is 0 Å². The lowest BCUT2D eigenvalue weighted by atomic mass is 9.90. The Bertz CT molecular complexity index is 1030. The first kappa shape index (κ1) is 18.6. The van der Waals surface area contributed by atoms with E-state index in [1.807, 2.05) is 0 Å². The Hall–Kier alpha value is -2.74. The van der Waals surface area contributed by atoms with Crippen molar-refractivity contribution in [3.8, 4) is 0 Å². The van der Waals surface area contributed by atoms with Crippen molar-refractivity contribution in [1.82, 2.24) is 15.5 Å². The first-order valence-electron chi connectivity index (χ1n) is 8.78. The number of hydrogen-bond donors (Lipinski definition) is 2. The minimum atomic E-state index is -1.22.